The number of amides is 1. The number of esters is 1. The minimum atomic E-state index is -1.19. The lowest BCUT2D eigenvalue weighted by Crippen LogP contribution is -2.35. The predicted octanol–water partition coefficient (Wildman–Crippen LogP) is 4.28. The van der Waals surface area contributed by atoms with E-state index in [1.54, 1.807) is 25.3 Å². The maximum atomic E-state index is 14.0. The van der Waals surface area contributed by atoms with Crippen molar-refractivity contribution >= 4 is 17.5 Å². The third-order valence-corrected chi connectivity index (χ3v) is 5.35. The summed E-state index contributed by atoms with van der Waals surface area (Å²) in [4.78, 5) is 29.9. The van der Waals surface area contributed by atoms with Crippen LogP contribution in [0.5, 0.6) is 5.75 Å². The van der Waals surface area contributed by atoms with Gasteiger partial charge in [-0.2, -0.15) is 0 Å². The summed E-state index contributed by atoms with van der Waals surface area (Å²) in [6.07, 6.45) is 1.56. The molecule has 0 aliphatic carbocycles. The molecule has 0 spiro atoms. The number of nitrogens with zero attached hydrogens (tertiary/aromatic N) is 2. The Hall–Kier alpha value is -4.34. The van der Waals surface area contributed by atoms with E-state index in [9.17, 15) is 22.8 Å². The van der Waals surface area contributed by atoms with Crippen LogP contribution in [0.2, 0.25) is 0 Å². The summed E-state index contributed by atoms with van der Waals surface area (Å²) >= 11 is 0. The van der Waals surface area contributed by atoms with Crippen molar-refractivity contribution in [3.8, 4) is 5.75 Å². The number of nitrogens with one attached hydrogen (secondary N) is 1. The lowest BCUT2D eigenvalue weighted by molar-refractivity contribution is -0.143. The van der Waals surface area contributed by atoms with Gasteiger partial charge < -0.3 is 14.8 Å². The molecule has 0 saturated heterocycles. The Labute approximate surface area is 198 Å². The van der Waals surface area contributed by atoms with Crippen molar-refractivity contribution in [2.45, 2.75) is 19.6 Å². The monoisotopic (exact) mass is 483 g/mol. The lowest BCUT2D eigenvalue weighted by atomic mass is 10.1. The minimum absolute atomic E-state index is 0.110. The summed E-state index contributed by atoms with van der Waals surface area (Å²) in [6, 6.07) is 10.5. The van der Waals surface area contributed by atoms with E-state index in [0.717, 1.165) is 12.1 Å². The highest BCUT2D eigenvalue weighted by Gasteiger charge is 2.27. The number of hydrogen-bond acceptors (Lipinski definition) is 5. The lowest BCUT2D eigenvalue weighted by Gasteiger charge is -2.17. The van der Waals surface area contributed by atoms with Gasteiger partial charge in [-0.1, -0.05) is 18.2 Å². The van der Waals surface area contributed by atoms with Crippen LogP contribution >= 0.6 is 0 Å². The summed E-state index contributed by atoms with van der Waals surface area (Å²) in [6.45, 7) is 1.20. The number of aryl methyl sites for hydroxylation is 1. The fourth-order valence-electron chi connectivity index (χ4n) is 3.61. The molecule has 1 atom stereocenters. The number of fused-ring (bicyclic) bond motifs is 1. The average molecular weight is 483 g/mol. The summed E-state index contributed by atoms with van der Waals surface area (Å²) in [5.74, 6) is -3.18. The fraction of sp³-hybridized carbons (Fsp3) is 0.160. The van der Waals surface area contributed by atoms with Crippen molar-refractivity contribution in [1.29, 1.82) is 0 Å². The standard InChI is InChI=1S/C25H20F3N3O4/c1-14-22(24(32)30-21(25(33)34-2)15-8-10-16(26)11-9-15)31-12-4-7-20(23(31)29-14)35-13-17-18(27)5-3-6-19(17)28/h3-12,21H,13H2,1-2H3,(H,30,32). The van der Waals surface area contributed by atoms with Gasteiger partial charge in [0.05, 0.1) is 18.4 Å². The molecule has 7 nitrogen and oxygen atoms in total. The molecule has 180 valence electrons. The van der Waals surface area contributed by atoms with Crippen molar-refractivity contribution in [3.63, 3.8) is 0 Å². The van der Waals surface area contributed by atoms with Gasteiger partial charge in [0.15, 0.2) is 17.4 Å². The molecular formula is C25H20F3N3O4. The normalized spacial score (nSPS) is 11.8. The van der Waals surface area contributed by atoms with Crippen LogP contribution in [0.3, 0.4) is 0 Å². The van der Waals surface area contributed by atoms with E-state index in [1.807, 2.05) is 0 Å². The summed E-state index contributed by atoms with van der Waals surface area (Å²) in [5.41, 5.74) is 0.755. The predicted molar refractivity (Wildman–Crippen MR) is 119 cm³/mol. The smallest absolute Gasteiger partial charge is 0.333 e. The van der Waals surface area contributed by atoms with Crippen LogP contribution in [0.15, 0.2) is 60.8 Å². The molecule has 35 heavy (non-hydrogen) atoms. The van der Waals surface area contributed by atoms with Gasteiger partial charge in [0.2, 0.25) is 0 Å². The van der Waals surface area contributed by atoms with Crippen LogP contribution in [-0.2, 0) is 16.1 Å². The number of halogens is 3. The van der Waals surface area contributed by atoms with Crippen LogP contribution in [0.25, 0.3) is 5.65 Å². The van der Waals surface area contributed by atoms with Gasteiger partial charge in [0.1, 0.15) is 29.8 Å². The SMILES string of the molecule is COC(=O)C(NC(=O)c1c(C)nc2c(OCc3c(F)cccc3F)cccn12)c1ccc(F)cc1. The number of carbonyl (C=O) groups excluding carboxylic acids is 2. The van der Waals surface area contributed by atoms with Crippen LogP contribution in [0.4, 0.5) is 13.2 Å². The molecule has 1 N–H and O–H groups in total. The number of hydrogen-bond donors (Lipinski definition) is 1. The van der Waals surface area contributed by atoms with E-state index in [2.05, 4.69) is 10.3 Å². The Bertz CT molecular complexity index is 1380. The third kappa shape index (κ3) is 4.81. The molecule has 0 fully saturated rings. The summed E-state index contributed by atoms with van der Waals surface area (Å²) < 4.78 is 53.1. The zero-order chi connectivity index (χ0) is 25.1. The second kappa shape index (κ2) is 9.88. The van der Waals surface area contributed by atoms with Crippen LogP contribution in [-0.4, -0.2) is 28.4 Å². The van der Waals surface area contributed by atoms with Gasteiger partial charge in [0, 0.05) is 6.20 Å². The van der Waals surface area contributed by atoms with Gasteiger partial charge in [-0.25, -0.2) is 22.9 Å². The van der Waals surface area contributed by atoms with E-state index in [0.29, 0.717) is 11.3 Å². The third-order valence-electron chi connectivity index (χ3n) is 5.35. The zero-order valence-electron chi connectivity index (χ0n) is 18.7. The number of aromatic nitrogens is 2. The highest BCUT2D eigenvalue weighted by Crippen LogP contribution is 2.25. The molecule has 2 aromatic heterocycles. The molecule has 1 unspecified atom stereocenters. The molecule has 10 heteroatoms. The molecular weight excluding hydrogens is 463 g/mol. The van der Waals surface area contributed by atoms with Gasteiger partial charge in [-0.15, -0.1) is 0 Å². The van der Waals surface area contributed by atoms with Crippen molar-refractivity contribution in [1.82, 2.24) is 14.7 Å². The van der Waals surface area contributed by atoms with Gasteiger partial charge >= 0.3 is 5.97 Å². The zero-order valence-corrected chi connectivity index (χ0v) is 18.7. The minimum Gasteiger partial charge on any atom is -0.485 e. The molecule has 0 aliphatic heterocycles. The Kier molecular flexibility index (Phi) is 6.72. The number of carbonyl (C=O) groups is 2. The maximum Gasteiger partial charge on any atom is 0.333 e. The molecule has 2 heterocycles. The molecule has 2 aromatic carbocycles. The molecule has 0 saturated carbocycles. The van der Waals surface area contributed by atoms with Crippen molar-refractivity contribution in [2.24, 2.45) is 0 Å². The molecule has 4 aromatic rings. The largest absolute Gasteiger partial charge is 0.485 e. The summed E-state index contributed by atoms with van der Waals surface area (Å²) in [7, 11) is 1.17. The van der Waals surface area contributed by atoms with E-state index in [4.69, 9.17) is 9.47 Å². The number of ether oxygens (including phenoxy) is 2. The van der Waals surface area contributed by atoms with Gasteiger partial charge in [-0.3, -0.25) is 9.20 Å². The second-order valence-electron chi connectivity index (χ2n) is 7.58. The molecule has 0 bridgehead atoms. The van der Waals surface area contributed by atoms with Crippen molar-refractivity contribution in [3.05, 3.63) is 101 Å². The first-order valence-electron chi connectivity index (χ1n) is 10.5. The first kappa shape index (κ1) is 23.8. The quantitative estimate of drug-likeness (QED) is 0.397. The molecule has 0 radical (unpaired) electrons. The van der Waals surface area contributed by atoms with E-state index in [-0.39, 0.29) is 29.3 Å². The van der Waals surface area contributed by atoms with Gasteiger partial charge in [-0.05, 0) is 48.9 Å². The Balaban J connectivity index is 1.64. The number of methoxy groups -OCH3 is 1. The first-order chi connectivity index (χ1) is 16.8. The topological polar surface area (TPSA) is 81.9 Å². The van der Waals surface area contributed by atoms with Crippen LogP contribution in [0, 0.1) is 24.4 Å². The maximum absolute atomic E-state index is 14.0. The second-order valence-corrected chi connectivity index (χ2v) is 7.58. The van der Waals surface area contributed by atoms with Crippen LogP contribution in [0.1, 0.15) is 33.4 Å². The van der Waals surface area contributed by atoms with Crippen molar-refractivity contribution < 1.29 is 32.2 Å². The number of benzene rings is 2. The molecule has 0 aliphatic rings. The van der Waals surface area contributed by atoms with Crippen LogP contribution < -0.4 is 10.1 Å². The Morgan fingerprint density at radius 3 is 2.37 bits per heavy atom. The van der Waals surface area contributed by atoms with Crippen molar-refractivity contribution in [2.75, 3.05) is 7.11 Å². The number of imidazole rings is 1. The fourth-order valence-corrected chi connectivity index (χ4v) is 3.61. The Morgan fingerprint density at radius 1 is 1.03 bits per heavy atom. The van der Waals surface area contributed by atoms with E-state index >= 15 is 0 Å². The van der Waals surface area contributed by atoms with Gasteiger partial charge in [0.25, 0.3) is 5.91 Å². The molecule has 4 rings (SSSR count). The number of pyridine rings is 1. The molecule has 1 amide bonds. The first-order valence-corrected chi connectivity index (χ1v) is 10.5. The van der Waals surface area contributed by atoms with E-state index in [1.165, 1.54) is 41.8 Å². The Morgan fingerprint density at radius 2 is 1.71 bits per heavy atom. The number of rotatable bonds is 7. The summed E-state index contributed by atoms with van der Waals surface area (Å²) in [5, 5.41) is 2.59. The van der Waals surface area contributed by atoms with E-state index < -0.39 is 35.4 Å². The average Bonchev–Trinajstić information content (AvgIpc) is 3.19. The highest BCUT2D eigenvalue weighted by atomic mass is 19.1. The highest BCUT2D eigenvalue weighted by molar-refractivity contribution is 5.97.